The van der Waals surface area contributed by atoms with E-state index in [0.717, 1.165) is 0 Å². The molecule has 0 radical (unpaired) electrons. The Labute approximate surface area is 122 Å². The summed E-state index contributed by atoms with van der Waals surface area (Å²) < 4.78 is 29.5. The van der Waals surface area contributed by atoms with Crippen molar-refractivity contribution < 1.29 is 23.4 Å². The van der Waals surface area contributed by atoms with E-state index >= 15 is 0 Å². The summed E-state index contributed by atoms with van der Waals surface area (Å²) >= 11 is 0. The van der Waals surface area contributed by atoms with Gasteiger partial charge in [-0.15, -0.1) is 0 Å². The first kappa shape index (κ1) is 14.1. The molecule has 2 aliphatic rings. The number of cyclic esters (lactones) is 1. The lowest BCUT2D eigenvalue weighted by Gasteiger charge is -2.29. The Morgan fingerprint density at radius 3 is 2.71 bits per heavy atom. The summed E-state index contributed by atoms with van der Waals surface area (Å²) in [6.45, 7) is 2.76. The third-order valence-electron chi connectivity index (χ3n) is 3.64. The fraction of sp³-hybridized carbons (Fsp3) is 0.500. The summed E-state index contributed by atoms with van der Waals surface area (Å²) in [5.41, 5.74) is 0.993. The second kappa shape index (κ2) is 5.87. The van der Waals surface area contributed by atoms with Crippen molar-refractivity contribution in [1.29, 1.82) is 0 Å². The second-order valence-corrected chi connectivity index (χ2v) is 4.89. The van der Waals surface area contributed by atoms with Crippen LogP contribution in [0.3, 0.4) is 0 Å². The summed E-state index contributed by atoms with van der Waals surface area (Å²) in [4.78, 5) is 15.0. The molecule has 1 aromatic rings. The van der Waals surface area contributed by atoms with Crippen LogP contribution in [0.25, 0.3) is 0 Å². The lowest BCUT2D eigenvalue weighted by molar-refractivity contribution is -0.0488. The number of hydrogen-bond donors (Lipinski definition) is 0. The highest BCUT2D eigenvalue weighted by atomic mass is 19.1. The van der Waals surface area contributed by atoms with Gasteiger partial charge in [-0.05, 0) is 18.2 Å². The van der Waals surface area contributed by atoms with E-state index in [1.54, 1.807) is 12.1 Å². The summed E-state index contributed by atoms with van der Waals surface area (Å²) in [5.74, 6) is -0.358. The van der Waals surface area contributed by atoms with Crippen molar-refractivity contribution in [3.63, 3.8) is 0 Å². The maximum absolute atomic E-state index is 14.3. The zero-order valence-electron chi connectivity index (χ0n) is 11.8. The van der Waals surface area contributed by atoms with E-state index in [4.69, 9.17) is 14.2 Å². The minimum Gasteiger partial charge on any atom is -0.417 e. The molecule has 1 atom stereocenters. The standard InChI is InChI=1S/C14H17FN2O4/c1-19-13-9-17(14(18)21-13)10-2-3-12(11(15)8-10)16-4-6-20-7-5-16/h2-3,8,13H,4-7,9H2,1H3/t13-/m1/s1. The molecule has 0 bridgehead atoms. The monoisotopic (exact) mass is 296 g/mol. The average molecular weight is 296 g/mol. The number of nitrogens with zero attached hydrogens (tertiary/aromatic N) is 2. The molecule has 114 valence electrons. The van der Waals surface area contributed by atoms with Gasteiger partial charge in [0.15, 0.2) is 0 Å². The molecule has 6 nitrogen and oxygen atoms in total. The Morgan fingerprint density at radius 2 is 2.10 bits per heavy atom. The van der Waals surface area contributed by atoms with Gasteiger partial charge in [0.1, 0.15) is 5.82 Å². The van der Waals surface area contributed by atoms with Crippen LogP contribution < -0.4 is 9.80 Å². The minimum atomic E-state index is -0.612. The van der Waals surface area contributed by atoms with E-state index in [1.807, 2.05) is 4.90 Å². The molecule has 0 spiro atoms. The van der Waals surface area contributed by atoms with Crippen LogP contribution >= 0.6 is 0 Å². The van der Waals surface area contributed by atoms with Gasteiger partial charge in [0.25, 0.3) is 0 Å². The van der Waals surface area contributed by atoms with Gasteiger partial charge in [-0.3, -0.25) is 4.90 Å². The third-order valence-corrected chi connectivity index (χ3v) is 3.64. The van der Waals surface area contributed by atoms with Crippen molar-refractivity contribution in [3.05, 3.63) is 24.0 Å². The van der Waals surface area contributed by atoms with Crippen LogP contribution in [0.2, 0.25) is 0 Å². The maximum Gasteiger partial charge on any atom is 0.416 e. The van der Waals surface area contributed by atoms with Crippen LogP contribution in [0.1, 0.15) is 0 Å². The van der Waals surface area contributed by atoms with E-state index in [1.165, 1.54) is 18.1 Å². The van der Waals surface area contributed by atoms with Gasteiger partial charge in [0.2, 0.25) is 6.29 Å². The van der Waals surface area contributed by atoms with Crippen molar-refractivity contribution in [2.45, 2.75) is 6.29 Å². The molecule has 3 rings (SSSR count). The van der Waals surface area contributed by atoms with E-state index < -0.39 is 12.4 Å². The number of methoxy groups -OCH3 is 1. The summed E-state index contributed by atoms with van der Waals surface area (Å²) in [6, 6.07) is 4.75. The normalized spacial score (nSPS) is 22.6. The topological polar surface area (TPSA) is 51.2 Å². The van der Waals surface area contributed by atoms with Gasteiger partial charge in [0, 0.05) is 20.2 Å². The second-order valence-electron chi connectivity index (χ2n) is 4.89. The van der Waals surface area contributed by atoms with E-state index in [2.05, 4.69) is 0 Å². The van der Waals surface area contributed by atoms with Crippen molar-refractivity contribution in [1.82, 2.24) is 0 Å². The van der Waals surface area contributed by atoms with Crippen LogP contribution in [-0.2, 0) is 14.2 Å². The van der Waals surface area contributed by atoms with Gasteiger partial charge in [0.05, 0.1) is 31.1 Å². The molecule has 7 heteroatoms. The number of ether oxygens (including phenoxy) is 3. The highest BCUT2D eigenvalue weighted by Crippen LogP contribution is 2.28. The Kier molecular flexibility index (Phi) is 3.94. The fourth-order valence-electron chi connectivity index (χ4n) is 2.49. The molecule has 1 amide bonds. The smallest absolute Gasteiger partial charge is 0.416 e. The first-order chi connectivity index (χ1) is 10.2. The van der Waals surface area contributed by atoms with Crippen LogP contribution in [0.5, 0.6) is 0 Å². The molecule has 2 aliphatic heterocycles. The Hall–Kier alpha value is -1.86. The highest BCUT2D eigenvalue weighted by molar-refractivity contribution is 5.89. The quantitative estimate of drug-likeness (QED) is 0.848. The number of carbonyl (C=O) groups excluding carboxylic acids is 1. The summed E-state index contributed by atoms with van der Waals surface area (Å²) in [7, 11) is 1.46. The third kappa shape index (κ3) is 2.79. The molecular weight excluding hydrogens is 279 g/mol. The van der Waals surface area contributed by atoms with Crippen LogP contribution in [0.15, 0.2) is 18.2 Å². The largest absolute Gasteiger partial charge is 0.417 e. The Morgan fingerprint density at radius 1 is 1.33 bits per heavy atom. The molecule has 2 saturated heterocycles. The molecule has 0 N–H and O–H groups in total. The summed E-state index contributed by atoms with van der Waals surface area (Å²) in [6.07, 6.45) is -1.14. The zero-order valence-corrected chi connectivity index (χ0v) is 11.8. The average Bonchev–Trinajstić information content (AvgIpc) is 2.89. The molecule has 0 unspecified atom stereocenters. The predicted molar refractivity (Wildman–Crippen MR) is 74.1 cm³/mol. The molecular formula is C14H17FN2O4. The number of amides is 1. The molecule has 2 heterocycles. The lowest BCUT2D eigenvalue weighted by Crippen LogP contribution is -2.36. The lowest BCUT2D eigenvalue weighted by atomic mass is 10.2. The number of halogens is 1. The van der Waals surface area contributed by atoms with Gasteiger partial charge in [-0.2, -0.15) is 0 Å². The van der Waals surface area contributed by atoms with Crippen molar-refractivity contribution in [2.75, 3.05) is 49.8 Å². The number of hydrogen-bond acceptors (Lipinski definition) is 5. The first-order valence-corrected chi connectivity index (χ1v) is 6.82. The van der Waals surface area contributed by atoms with Gasteiger partial charge < -0.3 is 19.1 Å². The van der Waals surface area contributed by atoms with Crippen LogP contribution in [-0.4, -0.2) is 52.3 Å². The molecule has 0 aliphatic carbocycles. The van der Waals surface area contributed by atoms with Crippen LogP contribution in [0.4, 0.5) is 20.6 Å². The molecule has 21 heavy (non-hydrogen) atoms. The first-order valence-electron chi connectivity index (χ1n) is 6.82. The minimum absolute atomic E-state index is 0.256. The number of anilines is 2. The van der Waals surface area contributed by atoms with Crippen molar-refractivity contribution in [3.8, 4) is 0 Å². The van der Waals surface area contributed by atoms with Gasteiger partial charge in [-0.25, -0.2) is 9.18 Å². The van der Waals surface area contributed by atoms with Crippen molar-refractivity contribution in [2.24, 2.45) is 0 Å². The molecule has 2 fully saturated rings. The highest BCUT2D eigenvalue weighted by Gasteiger charge is 2.32. The molecule has 1 aromatic carbocycles. The molecule has 0 saturated carbocycles. The van der Waals surface area contributed by atoms with Gasteiger partial charge >= 0.3 is 6.09 Å². The number of rotatable bonds is 3. The SMILES string of the molecule is CO[C@H]1CN(c2ccc(N3CCOCC3)c(F)c2)C(=O)O1. The maximum atomic E-state index is 14.3. The van der Waals surface area contributed by atoms with Gasteiger partial charge in [-0.1, -0.05) is 0 Å². The fourth-order valence-corrected chi connectivity index (χ4v) is 2.49. The Balaban J connectivity index is 1.79. The number of morpholine rings is 1. The van der Waals surface area contributed by atoms with E-state index in [-0.39, 0.29) is 12.4 Å². The van der Waals surface area contributed by atoms with E-state index in [9.17, 15) is 9.18 Å². The Bertz CT molecular complexity index is 534. The molecule has 0 aromatic heterocycles. The zero-order chi connectivity index (χ0) is 14.8. The number of benzene rings is 1. The van der Waals surface area contributed by atoms with E-state index in [0.29, 0.717) is 37.7 Å². The predicted octanol–water partition coefficient (Wildman–Crippen LogP) is 1.59. The number of carbonyl (C=O) groups is 1. The van der Waals surface area contributed by atoms with Crippen molar-refractivity contribution >= 4 is 17.5 Å². The summed E-state index contributed by atoms with van der Waals surface area (Å²) in [5, 5.41) is 0. The van der Waals surface area contributed by atoms with Crippen LogP contribution in [0, 0.1) is 5.82 Å².